The van der Waals surface area contributed by atoms with Crippen LogP contribution in [0.5, 0.6) is 0 Å². The number of ether oxygens (including phenoxy) is 2. The van der Waals surface area contributed by atoms with Crippen LogP contribution >= 0.6 is 0 Å². The van der Waals surface area contributed by atoms with Crippen LogP contribution in [0.4, 0.5) is 0 Å². The Hall–Kier alpha value is -1.14. The van der Waals surface area contributed by atoms with Crippen LogP contribution < -0.4 is 10.6 Å². The summed E-state index contributed by atoms with van der Waals surface area (Å²) in [7, 11) is 0. The van der Waals surface area contributed by atoms with Crippen molar-refractivity contribution in [3.05, 3.63) is 0 Å². The molecule has 1 fully saturated rings. The van der Waals surface area contributed by atoms with Crippen LogP contribution in [0.1, 0.15) is 0 Å². The van der Waals surface area contributed by atoms with E-state index in [-0.39, 0.29) is 25.0 Å². The molecule has 0 aromatic rings. The smallest absolute Gasteiger partial charge is 0.246 e. The molecule has 14 heavy (non-hydrogen) atoms. The third-order valence-electron chi connectivity index (χ3n) is 1.60. The van der Waals surface area contributed by atoms with Crippen LogP contribution in [-0.2, 0) is 19.1 Å². The van der Waals surface area contributed by atoms with Crippen LogP contribution in [0.15, 0.2) is 0 Å². The molecule has 0 spiro atoms. The summed E-state index contributed by atoms with van der Waals surface area (Å²) < 4.78 is 10.00. The second-order valence-corrected chi connectivity index (χ2v) is 2.81. The quantitative estimate of drug-likeness (QED) is 0.489. The normalized spacial score (nSPS) is 21.4. The van der Waals surface area contributed by atoms with E-state index in [0.29, 0.717) is 26.3 Å². The van der Waals surface area contributed by atoms with E-state index in [0.717, 1.165) is 0 Å². The first-order chi connectivity index (χ1) is 6.79. The summed E-state index contributed by atoms with van der Waals surface area (Å²) in [5.74, 6) is -0.469. The van der Waals surface area contributed by atoms with Crippen LogP contribution in [0, 0.1) is 0 Å². The minimum atomic E-state index is -0.234. The van der Waals surface area contributed by atoms with Crippen LogP contribution in [-0.4, -0.2) is 51.3 Å². The molecule has 6 heteroatoms. The Morgan fingerprint density at radius 1 is 0.857 bits per heavy atom. The highest BCUT2D eigenvalue weighted by Crippen LogP contribution is 1.80. The largest absolute Gasteiger partial charge is 0.378 e. The van der Waals surface area contributed by atoms with Crippen molar-refractivity contribution in [1.82, 2.24) is 10.6 Å². The van der Waals surface area contributed by atoms with Crippen molar-refractivity contribution in [2.45, 2.75) is 0 Å². The molecule has 2 amide bonds. The van der Waals surface area contributed by atoms with Gasteiger partial charge in [-0.3, -0.25) is 9.59 Å². The van der Waals surface area contributed by atoms with Crippen LogP contribution in [0.3, 0.4) is 0 Å². The molecule has 1 rings (SSSR count). The number of nitrogens with one attached hydrogen (secondary N) is 2. The third-order valence-corrected chi connectivity index (χ3v) is 1.60. The summed E-state index contributed by atoms with van der Waals surface area (Å²) in [5, 5.41) is 5.19. The van der Waals surface area contributed by atoms with Gasteiger partial charge < -0.3 is 20.1 Å². The Kier molecular flexibility index (Phi) is 4.95. The van der Waals surface area contributed by atoms with Crippen molar-refractivity contribution in [1.29, 1.82) is 0 Å². The number of carbonyl (C=O) groups is 2. The summed E-state index contributed by atoms with van der Waals surface area (Å²) in [6.07, 6.45) is 0. The maximum absolute atomic E-state index is 11.0. The van der Waals surface area contributed by atoms with Crippen molar-refractivity contribution < 1.29 is 19.1 Å². The van der Waals surface area contributed by atoms with Crippen molar-refractivity contribution in [3.63, 3.8) is 0 Å². The standard InChI is InChI=1S/C8H14N2O4/c11-7-5-14-6-8(12)10-2-4-13-3-1-9-7/h1-6H2,(H,9,11)(H,10,12). The van der Waals surface area contributed by atoms with Crippen LogP contribution in [0.2, 0.25) is 0 Å². The van der Waals surface area contributed by atoms with E-state index < -0.39 is 0 Å². The van der Waals surface area contributed by atoms with Gasteiger partial charge in [0.1, 0.15) is 13.2 Å². The minimum Gasteiger partial charge on any atom is -0.378 e. The Labute approximate surface area is 81.9 Å². The number of hydrogen-bond donors (Lipinski definition) is 2. The Balaban J connectivity index is 2.28. The summed E-state index contributed by atoms with van der Waals surface area (Å²) >= 11 is 0. The summed E-state index contributed by atoms with van der Waals surface area (Å²) in [4.78, 5) is 22.0. The average Bonchev–Trinajstić information content (AvgIpc) is 2.14. The van der Waals surface area contributed by atoms with Gasteiger partial charge >= 0.3 is 0 Å². The van der Waals surface area contributed by atoms with Gasteiger partial charge in [-0.15, -0.1) is 0 Å². The van der Waals surface area contributed by atoms with Gasteiger partial charge in [-0.05, 0) is 0 Å². The lowest BCUT2D eigenvalue weighted by Crippen LogP contribution is -2.36. The van der Waals surface area contributed by atoms with E-state index in [4.69, 9.17) is 9.47 Å². The molecule has 0 radical (unpaired) electrons. The Morgan fingerprint density at radius 3 is 1.86 bits per heavy atom. The van der Waals surface area contributed by atoms with Gasteiger partial charge in [-0.1, -0.05) is 0 Å². The lowest BCUT2D eigenvalue weighted by atomic mass is 10.5. The zero-order valence-electron chi connectivity index (χ0n) is 7.88. The summed E-state index contributed by atoms with van der Waals surface area (Å²) in [6.45, 7) is 1.65. The Morgan fingerprint density at radius 2 is 1.36 bits per heavy atom. The highest BCUT2D eigenvalue weighted by atomic mass is 16.5. The number of rotatable bonds is 0. The van der Waals surface area contributed by atoms with Crippen LogP contribution in [0.25, 0.3) is 0 Å². The molecule has 1 aliphatic rings. The third kappa shape index (κ3) is 4.78. The average molecular weight is 202 g/mol. The highest BCUT2D eigenvalue weighted by Gasteiger charge is 2.05. The molecule has 1 aliphatic heterocycles. The molecule has 0 aromatic carbocycles. The fourth-order valence-electron chi connectivity index (χ4n) is 0.966. The van der Waals surface area contributed by atoms with Gasteiger partial charge in [-0.25, -0.2) is 0 Å². The minimum absolute atomic E-state index is 0.0899. The topological polar surface area (TPSA) is 76.7 Å². The van der Waals surface area contributed by atoms with E-state index in [2.05, 4.69) is 10.6 Å². The van der Waals surface area contributed by atoms with E-state index >= 15 is 0 Å². The second kappa shape index (κ2) is 6.33. The van der Waals surface area contributed by atoms with Gasteiger partial charge in [0.2, 0.25) is 11.8 Å². The van der Waals surface area contributed by atoms with E-state index in [1.807, 2.05) is 0 Å². The van der Waals surface area contributed by atoms with Crippen molar-refractivity contribution >= 4 is 11.8 Å². The first kappa shape index (κ1) is 10.9. The summed E-state index contributed by atoms with van der Waals surface area (Å²) in [5.41, 5.74) is 0. The fraction of sp³-hybridized carbons (Fsp3) is 0.750. The first-order valence-electron chi connectivity index (χ1n) is 4.48. The van der Waals surface area contributed by atoms with E-state index in [1.54, 1.807) is 0 Å². The molecule has 0 aliphatic carbocycles. The molecule has 80 valence electrons. The van der Waals surface area contributed by atoms with Crippen molar-refractivity contribution in [2.75, 3.05) is 39.5 Å². The number of hydrogen-bond acceptors (Lipinski definition) is 4. The molecule has 0 atom stereocenters. The zero-order chi connectivity index (χ0) is 10.2. The second-order valence-electron chi connectivity index (χ2n) is 2.81. The molecular formula is C8H14N2O4. The summed E-state index contributed by atoms with van der Waals surface area (Å²) in [6, 6.07) is 0. The van der Waals surface area contributed by atoms with Gasteiger partial charge in [0.15, 0.2) is 0 Å². The fourth-order valence-corrected chi connectivity index (χ4v) is 0.966. The van der Waals surface area contributed by atoms with E-state index in [9.17, 15) is 9.59 Å². The predicted molar refractivity (Wildman–Crippen MR) is 47.7 cm³/mol. The molecule has 1 saturated heterocycles. The SMILES string of the molecule is O=C1COCC(=O)NCCOCCN1. The molecular weight excluding hydrogens is 188 g/mol. The maximum Gasteiger partial charge on any atom is 0.246 e. The van der Waals surface area contributed by atoms with E-state index in [1.165, 1.54) is 0 Å². The van der Waals surface area contributed by atoms with Crippen molar-refractivity contribution in [2.24, 2.45) is 0 Å². The first-order valence-corrected chi connectivity index (χ1v) is 4.48. The van der Waals surface area contributed by atoms with Gasteiger partial charge in [0, 0.05) is 13.1 Å². The lowest BCUT2D eigenvalue weighted by Gasteiger charge is -2.10. The zero-order valence-corrected chi connectivity index (χ0v) is 7.88. The maximum atomic E-state index is 11.0. The lowest BCUT2D eigenvalue weighted by molar-refractivity contribution is -0.131. The molecule has 0 unspecified atom stereocenters. The number of carbonyl (C=O) groups excluding carboxylic acids is 2. The molecule has 0 bridgehead atoms. The predicted octanol–water partition coefficient (Wildman–Crippen LogP) is -1.73. The molecule has 6 nitrogen and oxygen atoms in total. The van der Waals surface area contributed by atoms with Crippen molar-refractivity contribution in [3.8, 4) is 0 Å². The molecule has 2 N–H and O–H groups in total. The molecule has 0 saturated carbocycles. The molecule has 1 heterocycles. The highest BCUT2D eigenvalue weighted by molar-refractivity contribution is 5.79. The van der Waals surface area contributed by atoms with Gasteiger partial charge in [-0.2, -0.15) is 0 Å². The monoisotopic (exact) mass is 202 g/mol. The van der Waals surface area contributed by atoms with Gasteiger partial charge in [0.25, 0.3) is 0 Å². The Bertz CT molecular complexity index is 188. The molecule has 0 aromatic heterocycles. The number of amides is 2. The van der Waals surface area contributed by atoms with Gasteiger partial charge in [0.05, 0.1) is 13.2 Å².